The highest BCUT2D eigenvalue weighted by Crippen LogP contribution is 2.67. The molecule has 0 heterocycles. The lowest BCUT2D eigenvalue weighted by atomic mass is 9.46. The summed E-state index contributed by atoms with van der Waals surface area (Å²) in [6.07, 6.45) is 41.4. The molecular weight excluding hydrogens is 589 g/mol. The molecule has 49 heavy (non-hydrogen) atoms. The molecule has 8 atom stereocenters. The van der Waals surface area contributed by atoms with Crippen molar-refractivity contribution in [1.82, 2.24) is 0 Å². The molecule has 0 aromatic heterocycles. The second kappa shape index (κ2) is 26.5. The van der Waals surface area contributed by atoms with E-state index in [1.807, 2.05) is 47.1 Å². The summed E-state index contributed by atoms with van der Waals surface area (Å²) in [6.45, 7) is 27.4. The summed E-state index contributed by atoms with van der Waals surface area (Å²) >= 11 is 0. The van der Waals surface area contributed by atoms with Crippen LogP contribution in [0.1, 0.15) is 250 Å². The van der Waals surface area contributed by atoms with E-state index < -0.39 is 0 Å². The molecule has 3 fully saturated rings. The van der Waals surface area contributed by atoms with Crippen LogP contribution in [0, 0.1) is 52.3 Å². The zero-order chi connectivity index (χ0) is 36.7. The minimum absolute atomic E-state index is 0.534. The molecule has 1 unspecified atom stereocenters. The summed E-state index contributed by atoms with van der Waals surface area (Å²) in [6, 6.07) is 0. The Morgan fingerprint density at radius 2 is 1.08 bits per heavy atom. The third-order valence-corrected chi connectivity index (χ3v) is 14.6. The summed E-state index contributed by atoms with van der Waals surface area (Å²) in [5.41, 5.74) is 3.06. The fourth-order valence-corrected chi connectivity index (χ4v) is 11.6. The van der Waals surface area contributed by atoms with Crippen LogP contribution in [0.5, 0.6) is 0 Å². The first-order chi connectivity index (χ1) is 23.8. The van der Waals surface area contributed by atoms with E-state index >= 15 is 0 Å². The number of fused-ring (bicyclic) bond motifs is 5. The summed E-state index contributed by atoms with van der Waals surface area (Å²) in [5.74, 6) is 6.71. The van der Waals surface area contributed by atoms with Gasteiger partial charge < -0.3 is 0 Å². The van der Waals surface area contributed by atoms with Gasteiger partial charge in [0.1, 0.15) is 0 Å². The number of hydrogen-bond acceptors (Lipinski definition) is 0. The van der Waals surface area contributed by atoms with Crippen LogP contribution in [0.2, 0.25) is 0 Å². The van der Waals surface area contributed by atoms with Crippen LogP contribution in [0.25, 0.3) is 0 Å². The van der Waals surface area contributed by atoms with Gasteiger partial charge in [-0.3, -0.25) is 0 Å². The van der Waals surface area contributed by atoms with Crippen molar-refractivity contribution in [3.63, 3.8) is 0 Å². The summed E-state index contributed by atoms with van der Waals surface area (Å²) in [4.78, 5) is 0. The lowest BCUT2D eigenvalue weighted by Gasteiger charge is -2.59. The molecule has 4 rings (SSSR count). The number of unbranched alkanes of at least 4 members (excludes halogenated alkanes) is 16. The van der Waals surface area contributed by atoms with E-state index in [0.717, 1.165) is 41.4 Å². The molecule has 0 heteroatoms. The zero-order valence-electron chi connectivity index (χ0n) is 36.5. The van der Waals surface area contributed by atoms with Gasteiger partial charge in [0.2, 0.25) is 0 Å². The molecular formula is C49H96. The molecule has 0 aromatic carbocycles. The van der Waals surface area contributed by atoms with Crippen LogP contribution >= 0.6 is 0 Å². The van der Waals surface area contributed by atoms with Gasteiger partial charge in [-0.05, 0) is 104 Å². The Kier molecular flexibility index (Phi) is 25.3. The van der Waals surface area contributed by atoms with Gasteiger partial charge in [-0.15, -0.1) is 0 Å². The van der Waals surface area contributed by atoms with Crippen molar-refractivity contribution < 1.29 is 0 Å². The molecule has 0 radical (unpaired) electrons. The van der Waals surface area contributed by atoms with E-state index in [9.17, 15) is 0 Å². The van der Waals surface area contributed by atoms with E-state index in [4.69, 9.17) is 0 Å². The monoisotopic (exact) mass is 685 g/mol. The molecule has 292 valence electrons. The minimum Gasteiger partial charge on any atom is -0.0845 e. The maximum absolute atomic E-state index is 2.80. The Hall–Kier alpha value is -0.260. The molecule has 0 saturated heterocycles. The maximum Gasteiger partial charge on any atom is -0.00851 e. The van der Waals surface area contributed by atoms with E-state index in [1.54, 1.807) is 6.42 Å². The van der Waals surface area contributed by atoms with Gasteiger partial charge in [0.25, 0.3) is 0 Å². The van der Waals surface area contributed by atoms with Crippen molar-refractivity contribution in [2.45, 2.75) is 250 Å². The van der Waals surface area contributed by atoms with Gasteiger partial charge in [-0.1, -0.05) is 210 Å². The molecule has 3 saturated carbocycles. The molecule has 0 aromatic rings. The molecule has 0 nitrogen and oxygen atoms in total. The van der Waals surface area contributed by atoms with Crippen LogP contribution < -0.4 is 0 Å². The van der Waals surface area contributed by atoms with Gasteiger partial charge >= 0.3 is 0 Å². The van der Waals surface area contributed by atoms with Crippen molar-refractivity contribution in [3.8, 4) is 0 Å². The predicted molar refractivity (Wildman–Crippen MR) is 226 cm³/mol. The maximum atomic E-state index is 2.80. The largest absolute Gasteiger partial charge is 0.0845 e. The quantitative estimate of drug-likeness (QED) is 0.0884. The SMILES string of the molecule is CC.CC.CC.CCCCCCCCCCCCCCCCCCC[C@@H](C)[C@H]1CC[C@H]2C3CC=C4C[C@@H](C(C)C)CC[C@]4(C)[C@H]3CC[C@]12C. The highest BCUT2D eigenvalue weighted by Gasteiger charge is 2.59. The Morgan fingerprint density at radius 1 is 0.592 bits per heavy atom. The van der Waals surface area contributed by atoms with Crippen molar-refractivity contribution in [1.29, 1.82) is 0 Å². The lowest BCUT2D eigenvalue weighted by molar-refractivity contribution is -0.0538. The van der Waals surface area contributed by atoms with Crippen molar-refractivity contribution in [2.75, 3.05) is 0 Å². The van der Waals surface area contributed by atoms with Gasteiger partial charge in [0, 0.05) is 0 Å². The van der Waals surface area contributed by atoms with Crippen LogP contribution in [0.15, 0.2) is 11.6 Å². The van der Waals surface area contributed by atoms with Crippen molar-refractivity contribution in [2.24, 2.45) is 52.3 Å². The fraction of sp³-hybridized carbons (Fsp3) is 0.959. The van der Waals surface area contributed by atoms with Crippen LogP contribution in [0.4, 0.5) is 0 Å². The van der Waals surface area contributed by atoms with Crippen LogP contribution in [0.3, 0.4) is 0 Å². The first-order valence-corrected chi connectivity index (χ1v) is 23.5. The Morgan fingerprint density at radius 3 is 1.57 bits per heavy atom. The molecule has 0 aliphatic heterocycles. The second-order valence-electron chi connectivity index (χ2n) is 17.7. The Bertz CT molecular complexity index is 805. The molecule has 0 amide bonds. The normalized spacial score (nSPS) is 30.6. The van der Waals surface area contributed by atoms with Crippen LogP contribution in [-0.2, 0) is 0 Å². The van der Waals surface area contributed by atoms with E-state index in [1.165, 1.54) is 161 Å². The molecule has 0 N–H and O–H groups in total. The Labute approximate surface area is 313 Å². The predicted octanol–water partition coefficient (Wildman–Crippen LogP) is 17.6. The third-order valence-electron chi connectivity index (χ3n) is 14.6. The number of rotatable bonds is 20. The smallest absolute Gasteiger partial charge is 0.00851 e. The highest BCUT2D eigenvalue weighted by molar-refractivity contribution is 5.25. The average Bonchev–Trinajstić information content (AvgIpc) is 3.49. The standard InChI is InChI=1S/C43H78.3C2H6/c1-7-8-9-10-11-12-13-14-15-16-17-18-19-20-21-22-23-24-35(4)39-27-28-40-38-26-25-37-33-36(34(2)3)29-31-42(37,5)41(38)30-32-43(39,40)6;3*1-2/h25,34-36,38-41H,7-24,26-33H2,1-6H3;3*1-2H3/t35-,36+,38?,39-,40+,41+,42+,43-;;;/m1.../s1. The van der Waals surface area contributed by atoms with Crippen molar-refractivity contribution in [3.05, 3.63) is 11.6 Å². The van der Waals surface area contributed by atoms with E-state index in [0.29, 0.717) is 10.8 Å². The second-order valence-corrected chi connectivity index (χ2v) is 17.7. The third kappa shape index (κ3) is 13.9. The summed E-state index contributed by atoms with van der Waals surface area (Å²) < 4.78 is 0. The summed E-state index contributed by atoms with van der Waals surface area (Å²) in [5, 5.41) is 0. The zero-order valence-corrected chi connectivity index (χ0v) is 36.5. The van der Waals surface area contributed by atoms with Gasteiger partial charge in [0.05, 0.1) is 0 Å². The number of hydrogen-bond donors (Lipinski definition) is 0. The van der Waals surface area contributed by atoms with Gasteiger partial charge in [-0.25, -0.2) is 0 Å². The van der Waals surface area contributed by atoms with E-state index in [2.05, 4.69) is 47.6 Å². The topological polar surface area (TPSA) is 0 Å². The molecule has 0 spiro atoms. The first-order valence-electron chi connectivity index (χ1n) is 23.5. The fourth-order valence-electron chi connectivity index (χ4n) is 11.6. The number of allylic oxidation sites excluding steroid dienone is 2. The summed E-state index contributed by atoms with van der Waals surface area (Å²) in [7, 11) is 0. The molecule has 4 aliphatic carbocycles. The highest BCUT2D eigenvalue weighted by atomic mass is 14.6. The van der Waals surface area contributed by atoms with Crippen LogP contribution in [-0.4, -0.2) is 0 Å². The average molecular weight is 685 g/mol. The minimum atomic E-state index is 0.534. The molecule has 0 bridgehead atoms. The van der Waals surface area contributed by atoms with Gasteiger partial charge in [0.15, 0.2) is 0 Å². The molecule has 4 aliphatic rings. The lowest BCUT2D eigenvalue weighted by Crippen LogP contribution is -2.50. The van der Waals surface area contributed by atoms with E-state index in [-0.39, 0.29) is 0 Å². The first kappa shape index (κ1) is 46.8. The van der Waals surface area contributed by atoms with Crippen molar-refractivity contribution >= 4 is 0 Å². The Balaban J connectivity index is 0.00000189. The van der Waals surface area contributed by atoms with Gasteiger partial charge in [-0.2, -0.15) is 0 Å².